The quantitative estimate of drug-likeness (QED) is 0.735. The number of esters is 1. The lowest BCUT2D eigenvalue weighted by Gasteiger charge is -2.03. The first-order chi connectivity index (χ1) is 8.26. The molecule has 2 aromatic heterocycles. The minimum absolute atomic E-state index is 0.277. The summed E-state index contributed by atoms with van der Waals surface area (Å²) in [5, 5.41) is 0. The molecule has 0 aliphatic carbocycles. The minimum Gasteiger partial charge on any atom is -0.464 e. The van der Waals surface area contributed by atoms with E-state index in [4.69, 9.17) is 4.74 Å². The summed E-state index contributed by atoms with van der Waals surface area (Å²) in [5.41, 5.74) is 1.68. The van der Waals surface area contributed by atoms with Gasteiger partial charge in [0.25, 0.3) is 0 Å². The van der Waals surface area contributed by atoms with Crippen molar-refractivity contribution in [3.8, 4) is 0 Å². The molecule has 0 atom stereocenters. The van der Waals surface area contributed by atoms with Gasteiger partial charge in [-0.05, 0) is 12.1 Å². The monoisotopic (exact) mass is 235 g/mol. The van der Waals surface area contributed by atoms with Gasteiger partial charge in [0.05, 0.1) is 20.0 Å². The molecule has 0 saturated heterocycles. The van der Waals surface area contributed by atoms with Gasteiger partial charge in [0.1, 0.15) is 5.52 Å². The maximum absolute atomic E-state index is 11.4. The Kier molecular flexibility index (Phi) is 3.34. The molecule has 0 spiro atoms. The molecule has 0 fully saturated rings. The molecule has 0 N–H and O–H groups in total. The maximum atomic E-state index is 11.4. The summed E-state index contributed by atoms with van der Waals surface area (Å²) in [7, 11) is 2.96. The van der Waals surface area contributed by atoms with Gasteiger partial charge in [0.15, 0.2) is 11.3 Å². The third-order valence-corrected chi connectivity index (χ3v) is 2.39. The first-order valence-electron chi connectivity index (χ1n) is 5.15. The van der Waals surface area contributed by atoms with E-state index in [2.05, 4.69) is 14.7 Å². The predicted octanol–water partition coefficient (Wildman–Crippen LogP) is 0.864. The summed E-state index contributed by atoms with van der Waals surface area (Å²) < 4.78 is 11.5. The van der Waals surface area contributed by atoms with Crippen molar-refractivity contribution in [3.63, 3.8) is 0 Å². The van der Waals surface area contributed by atoms with Gasteiger partial charge in [-0.1, -0.05) is 0 Å². The van der Waals surface area contributed by atoms with Crippen molar-refractivity contribution in [1.29, 1.82) is 0 Å². The summed E-state index contributed by atoms with van der Waals surface area (Å²) in [5.74, 6) is -0.452. The smallest absolute Gasteiger partial charge is 0.356 e. The van der Waals surface area contributed by atoms with Crippen LogP contribution in [0.2, 0.25) is 0 Å². The summed E-state index contributed by atoms with van der Waals surface area (Å²) in [6.07, 6.45) is 1.68. The standard InChI is InChI=1S/C11H13N3O3/c1-16-6-5-14-7-12-8-3-4-9(11(15)17-2)13-10(8)14/h3-4,7H,5-6H2,1-2H3. The molecule has 90 valence electrons. The van der Waals surface area contributed by atoms with E-state index in [1.807, 2.05) is 4.57 Å². The lowest BCUT2D eigenvalue weighted by atomic mass is 10.3. The van der Waals surface area contributed by atoms with Gasteiger partial charge in [-0.25, -0.2) is 14.8 Å². The Morgan fingerprint density at radius 1 is 1.41 bits per heavy atom. The second-order valence-electron chi connectivity index (χ2n) is 3.46. The Morgan fingerprint density at radius 2 is 2.24 bits per heavy atom. The molecule has 0 saturated carbocycles. The van der Waals surface area contributed by atoms with Gasteiger partial charge in [-0.3, -0.25) is 0 Å². The zero-order valence-electron chi connectivity index (χ0n) is 9.71. The molecule has 0 bridgehead atoms. The number of rotatable bonds is 4. The van der Waals surface area contributed by atoms with E-state index >= 15 is 0 Å². The number of hydrogen-bond acceptors (Lipinski definition) is 5. The van der Waals surface area contributed by atoms with Crippen LogP contribution in [0.15, 0.2) is 18.5 Å². The fourth-order valence-electron chi connectivity index (χ4n) is 1.51. The van der Waals surface area contributed by atoms with E-state index < -0.39 is 5.97 Å². The molecule has 0 aliphatic rings. The highest BCUT2D eigenvalue weighted by atomic mass is 16.5. The van der Waals surface area contributed by atoms with Crippen molar-refractivity contribution in [2.75, 3.05) is 20.8 Å². The van der Waals surface area contributed by atoms with Gasteiger partial charge in [0, 0.05) is 13.7 Å². The van der Waals surface area contributed by atoms with Crippen LogP contribution in [0.1, 0.15) is 10.5 Å². The van der Waals surface area contributed by atoms with Gasteiger partial charge in [-0.15, -0.1) is 0 Å². The number of carbonyl (C=O) groups is 1. The Balaban J connectivity index is 2.39. The largest absolute Gasteiger partial charge is 0.464 e. The third kappa shape index (κ3) is 2.26. The molecule has 0 aliphatic heterocycles. The SMILES string of the molecule is COCCn1cnc2ccc(C(=O)OC)nc21. The van der Waals surface area contributed by atoms with Crippen molar-refractivity contribution in [1.82, 2.24) is 14.5 Å². The van der Waals surface area contributed by atoms with Gasteiger partial charge in [0.2, 0.25) is 0 Å². The zero-order chi connectivity index (χ0) is 12.3. The van der Waals surface area contributed by atoms with Gasteiger partial charge < -0.3 is 14.0 Å². The minimum atomic E-state index is -0.452. The molecule has 2 rings (SSSR count). The van der Waals surface area contributed by atoms with Crippen molar-refractivity contribution in [2.24, 2.45) is 0 Å². The lowest BCUT2D eigenvalue weighted by molar-refractivity contribution is 0.0594. The fourth-order valence-corrected chi connectivity index (χ4v) is 1.51. The van der Waals surface area contributed by atoms with Crippen LogP contribution >= 0.6 is 0 Å². The number of pyridine rings is 1. The Hall–Kier alpha value is -1.95. The van der Waals surface area contributed by atoms with E-state index in [1.165, 1.54) is 7.11 Å². The number of imidazole rings is 1. The summed E-state index contributed by atoms with van der Waals surface area (Å²) >= 11 is 0. The molecular formula is C11H13N3O3. The summed E-state index contributed by atoms with van der Waals surface area (Å²) in [4.78, 5) is 19.8. The predicted molar refractivity (Wildman–Crippen MR) is 60.7 cm³/mol. The van der Waals surface area contributed by atoms with Crippen LogP contribution in [-0.4, -0.2) is 41.3 Å². The van der Waals surface area contributed by atoms with Crippen LogP contribution in [0, 0.1) is 0 Å². The molecule has 2 aromatic rings. The average molecular weight is 235 g/mol. The Bertz CT molecular complexity index is 536. The van der Waals surface area contributed by atoms with Gasteiger partial charge >= 0.3 is 5.97 Å². The third-order valence-electron chi connectivity index (χ3n) is 2.39. The maximum Gasteiger partial charge on any atom is 0.356 e. The first kappa shape index (κ1) is 11.5. The second kappa shape index (κ2) is 4.92. The number of nitrogens with zero attached hydrogens (tertiary/aromatic N) is 3. The molecule has 0 amide bonds. The Morgan fingerprint density at radius 3 is 2.94 bits per heavy atom. The lowest BCUT2D eigenvalue weighted by Crippen LogP contribution is -2.07. The van der Waals surface area contributed by atoms with E-state index in [-0.39, 0.29) is 5.69 Å². The number of hydrogen-bond donors (Lipinski definition) is 0. The van der Waals surface area contributed by atoms with Crippen molar-refractivity contribution in [2.45, 2.75) is 6.54 Å². The van der Waals surface area contributed by atoms with Crippen LogP contribution < -0.4 is 0 Å². The van der Waals surface area contributed by atoms with Crippen LogP contribution in [-0.2, 0) is 16.0 Å². The molecule has 0 radical (unpaired) electrons. The zero-order valence-corrected chi connectivity index (χ0v) is 9.71. The molecule has 0 aromatic carbocycles. The van der Waals surface area contributed by atoms with Crippen LogP contribution in [0.5, 0.6) is 0 Å². The van der Waals surface area contributed by atoms with E-state index in [0.29, 0.717) is 18.8 Å². The van der Waals surface area contributed by atoms with Crippen LogP contribution in [0.3, 0.4) is 0 Å². The fraction of sp³-hybridized carbons (Fsp3) is 0.364. The summed E-state index contributed by atoms with van der Waals surface area (Å²) in [6, 6.07) is 3.35. The average Bonchev–Trinajstić information content (AvgIpc) is 2.77. The number of fused-ring (bicyclic) bond motifs is 1. The molecular weight excluding hydrogens is 222 g/mol. The van der Waals surface area contributed by atoms with Crippen LogP contribution in [0.4, 0.5) is 0 Å². The topological polar surface area (TPSA) is 66.2 Å². The number of methoxy groups -OCH3 is 2. The van der Waals surface area contributed by atoms with Crippen molar-refractivity contribution in [3.05, 3.63) is 24.2 Å². The first-order valence-corrected chi connectivity index (χ1v) is 5.15. The molecule has 17 heavy (non-hydrogen) atoms. The second-order valence-corrected chi connectivity index (χ2v) is 3.46. The highest BCUT2D eigenvalue weighted by Gasteiger charge is 2.10. The van der Waals surface area contributed by atoms with E-state index in [1.54, 1.807) is 25.6 Å². The number of ether oxygens (including phenoxy) is 2. The highest BCUT2D eigenvalue weighted by Crippen LogP contribution is 2.11. The van der Waals surface area contributed by atoms with E-state index in [0.717, 1.165) is 5.52 Å². The van der Waals surface area contributed by atoms with Crippen molar-refractivity contribution < 1.29 is 14.3 Å². The van der Waals surface area contributed by atoms with Gasteiger partial charge in [-0.2, -0.15) is 0 Å². The van der Waals surface area contributed by atoms with Crippen molar-refractivity contribution >= 4 is 17.1 Å². The summed E-state index contributed by atoms with van der Waals surface area (Å²) in [6.45, 7) is 1.21. The molecule has 2 heterocycles. The normalized spacial score (nSPS) is 10.7. The molecule has 6 heteroatoms. The molecule has 0 unspecified atom stereocenters. The number of carbonyl (C=O) groups excluding carboxylic acids is 1. The molecule has 6 nitrogen and oxygen atoms in total. The van der Waals surface area contributed by atoms with Crippen LogP contribution in [0.25, 0.3) is 11.2 Å². The number of aromatic nitrogens is 3. The highest BCUT2D eigenvalue weighted by molar-refractivity contribution is 5.89. The van der Waals surface area contributed by atoms with E-state index in [9.17, 15) is 4.79 Å². The Labute approximate surface area is 98.2 Å².